The third kappa shape index (κ3) is 2.09. The van der Waals surface area contributed by atoms with Crippen molar-refractivity contribution in [1.82, 2.24) is 0 Å². The zero-order chi connectivity index (χ0) is 9.90. The predicted octanol–water partition coefficient (Wildman–Crippen LogP) is 0.872. The molecule has 0 radical (unpaired) electrons. The second-order valence-electron chi connectivity index (χ2n) is 3.33. The smallest absolute Gasteiger partial charge is 0.311 e. The molecular formula is C9H13NO3. The standard InChI is InChI=1S/C9H13NO3/c1-9(6-10,8(11)12)5-7-3-2-4-13-7/h2-4H,5-6,10H2,1H3,(H,11,12)/t9-/m0/s1. The van der Waals surface area contributed by atoms with Crippen LogP contribution >= 0.6 is 0 Å². The van der Waals surface area contributed by atoms with Crippen molar-refractivity contribution in [3.05, 3.63) is 24.2 Å². The molecule has 0 bridgehead atoms. The Kier molecular flexibility index (Phi) is 2.72. The number of hydrogen-bond acceptors (Lipinski definition) is 3. The van der Waals surface area contributed by atoms with Crippen LogP contribution in [0.5, 0.6) is 0 Å². The minimum absolute atomic E-state index is 0.100. The molecule has 13 heavy (non-hydrogen) atoms. The average molecular weight is 183 g/mol. The summed E-state index contributed by atoms with van der Waals surface area (Å²) in [6.45, 7) is 1.71. The SMILES string of the molecule is C[C@@](CN)(Cc1ccco1)C(=O)O. The van der Waals surface area contributed by atoms with E-state index in [9.17, 15) is 4.79 Å². The number of carbonyl (C=O) groups is 1. The fourth-order valence-electron chi connectivity index (χ4n) is 1.03. The molecule has 0 saturated carbocycles. The van der Waals surface area contributed by atoms with Gasteiger partial charge in [-0.15, -0.1) is 0 Å². The molecule has 0 spiro atoms. The van der Waals surface area contributed by atoms with Gasteiger partial charge in [-0.3, -0.25) is 4.79 Å². The third-order valence-corrected chi connectivity index (χ3v) is 2.11. The van der Waals surface area contributed by atoms with Gasteiger partial charge in [-0.2, -0.15) is 0 Å². The molecule has 4 heteroatoms. The van der Waals surface area contributed by atoms with Crippen LogP contribution in [0.15, 0.2) is 22.8 Å². The molecule has 1 heterocycles. The van der Waals surface area contributed by atoms with Gasteiger partial charge in [0.25, 0.3) is 0 Å². The van der Waals surface area contributed by atoms with Gasteiger partial charge in [0.05, 0.1) is 11.7 Å². The van der Waals surface area contributed by atoms with E-state index in [1.165, 1.54) is 6.26 Å². The van der Waals surface area contributed by atoms with E-state index in [0.717, 1.165) is 0 Å². The highest BCUT2D eigenvalue weighted by Gasteiger charge is 2.32. The number of nitrogens with two attached hydrogens (primary N) is 1. The lowest BCUT2D eigenvalue weighted by Crippen LogP contribution is -2.37. The second-order valence-corrected chi connectivity index (χ2v) is 3.33. The first kappa shape index (κ1) is 9.80. The van der Waals surface area contributed by atoms with Crippen molar-refractivity contribution in [1.29, 1.82) is 0 Å². The topological polar surface area (TPSA) is 76.5 Å². The Bertz CT molecular complexity index is 281. The summed E-state index contributed by atoms with van der Waals surface area (Å²) in [5.74, 6) is -0.248. The lowest BCUT2D eigenvalue weighted by atomic mass is 9.86. The molecular weight excluding hydrogens is 170 g/mol. The van der Waals surface area contributed by atoms with Crippen molar-refractivity contribution in [2.24, 2.45) is 11.1 Å². The quantitative estimate of drug-likeness (QED) is 0.726. The van der Waals surface area contributed by atoms with Crippen molar-refractivity contribution in [3.63, 3.8) is 0 Å². The Morgan fingerprint density at radius 3 is 2.85 bits per heavy atom. The van der Waals surface area contributed by atoms with E-state index in [1.54, 1.807) is 19.1 Å². The number of furan rings is 1. The van der Waals surface area contributed by atoms with Crippen LogP contribution in [0.2, 0.25) is 0 Å². The molecule has 1 rings (SSSR count). The highest BCUT2D eigenvalue weighted by Crippen LogP contribution is 2.21. The van der Waals surface area contributed by atoms with E-state index in [0.29, 0.717) is 12.2 Å². The number of rotatable bonds is 4. The molecule has 0 aliphatic heterocycles. The molecule has 0 aromatic carbocycles. The van der Waals surface area contributed by atoms with E-state index in [2.05, 4.69) is 0 Å². The zero-order valence-corrected chi connectivity index (χ0v) is 7.49. The summed E-state index contributed by atoms with van der Waals surface area (Å²) in [5.41, 5.74) is 4.47. The maximum atomic E-state index is 10.9. The Morgan fingerprint density at radius 1 is 1.77 bits per heavy atom. The molecule has 0 unspecified atom stereocenters. The Hall–Kier alpha value is -1.29. The first-order chi connectivity index (χ1) is 6.08. The Morgan fingerprint density at radius 2 is 2.46 bits per heavy atom. The molecule has 0 aliphatic rings. The minimum atomic E-state index is -0.933. The number of carboxylic acids is 1. The molecule has 0 fully saturated rings. The molecule has 1 aromatic heterocycles. The summed E-state index contributed by atoms with van der Waals surface area (Å²) in [6, 6.07) is 3.48. The summed E-state index contributed by atoms with van der Waals surface area (Å²) >= 11 is 0. The molecule has 3 N–H and O–H groups in total. The zero-order valence-electron chi connectivity index (χ0n) is 7.49. The molecule has 1 atom stereocenters. The van der Waals surface area contributed by atoms with Crippen molar-refractivity contribution >= 4 is 5.97 Å². The lowest BCUT2D eigenvalue weighted by molar-refractivity contribution is -0.147. The normalized spacial score (nSPS) is 15.2. The average Bonchev–Trinajstić information content (AvgIpc) is 2.56. The van der Waals surface area contributed by atoms with E-state index in [-0.39, 0.29) is 6.54 Å². The first-order valence-electron chi connectivity index (χ1n) is 4.04. The van der Waals surface area contributed by atoms with Crippen molar-refractivity contribution < 1.29 is 14.3 Å². The van der Waals surface area contributed by atoms with Crippen molar-refractivity contribution in [2.45, 2.75) is 13.3 Å². The van der Waals surface area contributed by atoms with Gasteiger partial charge in [0, 0.05) is 13.0 Å². The van der Waals surface area contributed by atoms with Gasteiger partial charge in [0.1, 0.15) is 5.76 Å². The largest absolute Gasteiger partial charge is 0.481 e. The van der Waals surface area contributed by atoms with Gasteiger partial charge in [0.2, 0.25) is 0 Å². The van der Waals surface area contributed by atoms with Gasteiger partial charge in [0.15, 0.2) is 0 Å². The van der Waals surface area contributed by atoms with E-state index < -0.39 is 11.4 Å². The first-order valence-corrected chi connectivity index (χ1v) is 4.04. The fraction of sp³-hybridized carbons (Fsp3) is 0.444. The summed E-state index contributed by atoms with van der Waals surface area (Å²) in [4.78, 5) is 10.9. The van der Waals surface area contributed by atoms with Crippen LogP contribution in [0.25, 0.3) is 0 Å². The molecule has 72 valence electrons. The predicted molar refractivity (Wildman–Crippen MR) is 47.2 cm³/mol. The van der Waals surface area contributed by atoms with E-state index in [4.69, 9.17) is 15.3 Å². The molecule has 0 saturated heterocycles. The van der Waals surface area contributed by atoms with E-state index >= 15 is 0 Å². The monoisotopic (exact) mass is 183 g/mol. The maximum absolute atomic E-state index is 10.9. The van der Waals surface area contributed by atoms with Crippen LogP contribution in [0.4, 0.5) is 0 Å². The van der Waals surface area contributed by atoms with Crippen molar-refractivity contribution in [2.75, 3.05) is 6.54 Å². The molecule has 4 nitrogen and oxygen atoms in total. The number of hydrogen-bond donors (Lipinski definition) is 2. The Balaban J connectivity index is 2.75. The van der Waals surface area contributed by atoms with Gasteiger partial charge in [-0.05, 0) is 19.1 Å². The van der Waals surface area contributed by atoms with Crippen LogP contribution in [0.1, 0.15) is 12.7 Å². The highest BCUT2D eigenvalue weighted by atomic mass is 16.4. The number of carboxylic acid groups (broad SMARTS) is 1. The minimum Gasteiger partial charge on any atom is -0.481 e. The summed E-state index contributed by atoms with van der Waals surface area (Å²) < 4.78 is 5.06. The van der Waals surface area contributed by atoms with Crippen molar-refractivity contribution in [3.8, 4) is 0 Å². The summed E-state index contributed by atoms with van der Waals surface area (Å²) in [5, 5.41) is 8.91. The molecule has 0 aliphatic carbocycles. The summed E-state index contributed by atoms with van der Waals surface area (Å²) in [6.07, 6.45) is 1.85. The highest BCUT2D eigenvalue weighted by molar-refractivity contribution is 5.74. The van der Waals surface area contributed by atoms with Gasteiger partial charge in [-0.25, -0.2) is 0 Å². The van der Waals surface area contributed by atoms with Crippen LogP contribution in [-0.2, 0) is 11.2 Å². The third-order valence-electron chi connectivity index (χ3n) is 2.11. The van der Waals surface area contributed by atoms with Crippen LogP contribution in [-0.4, -0.2) is 17.6 Å². The summed E-state index contributed by atoms with van der Waals surface area (Å²) in [7, 11) is 0. The van der Waals surface area contributed by atoms with Crippen LogP contribution in [0.3, 0.4) is 0 Å². The van der Waals surface area contributed by atoms with Crippen LogP contribution < -0.4 is 5.73 Å². The molecule has 0 amide bonds. The van der Waals surface area contributed by atoms with E-state index in [1.807, 2.05) is 0 Å². The second kappa shape index (κ2) is 3.62. The van der Waals surface area contributed by atoms with Gasteiger partial charge >= 0.3 is 5.97 Å². The maximum Gasteiger partial charge on any atom is 0.311 e. The van der Waals surface area contributed by atoms with Gasteiger partial charge in [-0.1, -0.05) is 0 Å². The van der Waals surface area contributed by atoms with Gasteiger partial charge < -0.3 is 15.3 Å². The molecule has 1 aromatic rings. The number of aliphatic carboxylic acids is 1. The van der Waals surface area contributed by atoms with Crippen LogP contribution in [0, 0.1) is 5.41 Å². The lowest BCUT2D eigenvalue weighted by Gasteiger charge is -2.20. The Labute approximate surface area is 76.3 Å². The fourth-order valence-corrected chi connectivity index (χ4v) is 1.03.